The number of carboxylic acids is 1. The summed E-state index contributed by atoms with van der Waals surface area (Å²) in [5.41, 5.74) is 1.01. The van der Waals surface area contributed by atoms with E-state index in [9.17, 15) is 4.79 Å². The SMILES string of the molecule is Cc1oc(C(=O)O)cc1CN1CCN2CCCCC2C1. The minimum absolute atomic E-state index is 0.0498. The first-order chi connectivity index (χ1) is 9.63. The number of carboxylic acid groups (broad SMARTS) is 1. The van der Waals surface area contributed by atoms with Gasteiger partial charge in [0.05, 0.1) is 0 Å². The molecule has 0 radical (unpaired) electrons. The van der Waals surface area contributed by atoms with E-state index in [1.165, 1.54) is 25.8 Å². The van der Waals surface area contributed by atoms with Crippen LogP contribution in [0.5, 0.6) is 0 Å². The van der Waals surface area contributed by atoms with Crippen LogP contribution in [0.15, 0.2) is 10.5 Å². The first-order valence-electron chi connectivity index (χ1n) is 7.42. The smallest absolute Gasteiger partial charge is 0.371 e. The molecule has 1 aromatic rings. The summed E-state index contributed by atoms with van der Waals surface area (Å²) in [5, 5.41) is 8.97. The fourth-order valence-electron chi connectivity index (χ4n) is 3.39. The van der Waals surface area contributed by atoms with Gasteiger partial charge in [-0.1, -0.05) is 6.42 Å². The molecule has 0 aromatic carbocycles. The van der Waals surface area contributed by atoms with Crippen LogP contribution in [0, 0.1) is 6.92 Å². The molecule has 1 unspecified atom stereocenters. The first-order valence-corrected chi connectivity index (χ1v) is 7.42. The lowest BCUT2D eigenvalue weighted by molar-refractivity contribution is 0.0455. The van der Waals surface area contributed by atoms with Gasteiger partial charge in [-0.2, -0.15) is 0 Å². The molecule has 20 heavy (non-hydrogen) atoms. The zero-order valence-electron chi connectivity index (χ0n) is 12.0. The molecule has 3 heterocycles. The Morgan fingerprint density at radius 3 is 3.00 bits per heavy atom. The predicted octanol–water partition coefficient (Wildman–Crippen LogP) is 1.96. The quantitative estimate of drug-likeness (QED) is 0.916. The predicted molar refractivity (Wildman–Crippen MR) is 74.9 cm³/mol. The van der Waals surface area contributed by atoms with E-state index in [0.717, 1.165) is 37.5 Å². The van der Waals surface area contributed by atoms with Gasteiger partial charge in [-0.3, -0.25) is 9.80 Å². The van der Waals surface area contributed by atoms with E-state index < -0.39 is 5.97 Å². The molecule has 0 amide bonds. The third-order valence-corrected chi connectivity index (χ3v) is 4.55. The van der Waals surface area contributed by atoms with Gasteiger partial charge in [-0.25, -0.2) is 4.79 Å². The summed E-state index contributed by atoms with van der Waals surface area (Å²) in [6, 6.07) is 2.36. The minimum atomic E-state index is -0.989. The Hall–Kier alpha value is -1.33. The van der Waals surface area contributed by atoms with Gasteiger partial charge in [0.15, 0.2) is 0 Å². The zero-order chi connectivity index (χ0) is 14.1. The Labute approximate surface area is 119 Å². The lowest BCUT2D eigenvalue weighted by atomic mass is 9.99. The minimum Gasteiger partial charge on any atom is -0.475 e. The molecular formula is C15H22N2O3. The maximum absolute atomic E-state index is 10.9. The van der Waals surface area contributed by atoms with Crippen LogP contribution >= 0.6 is 0 Å². The van der Waals surface area contributed by atoms with Crippen LogP contribution in [0.4, 0.5) is 0 Å². The summed E-state index contributed by atoms with van der Waals surface area (Å²) in [6.45, 7) is 7.17. The highest BCUT2D eigenvalue weighted by molar-refractivity contribution is 5.84. The van der Waals surface area contributed by atoms with Crippen LogP contribution < -0.4 is 0 Å². The zero-order valence-corrected chi connectivity index (χ0v) is 12.0. The average molecular weight is 278 g/mol. The number of piperazine rings is 1. The van der Waals surface area contributed by atoms with Crippen molar-refractivity contribution in [3.05, 3.63) is 23.2 Å². The molecule has 0 aliphatic carbocycles. The summed E-state index contributed by atoms with van der Waals surface area (Å²) in [4.78, 5) is 16.0. The van der Waals surface area contributed by atoms with E-state index >= 15 is 0 Å². The van der Waals surface area contributed by atoms with E-state index in [0.29, 0.717) is 6.04 Å². The maximum Gasteiger partial charge on any atom is 0.371 e. The van der Waals surface area contributed by atoms with Crippen molar-refractivity contribution >= 4 is 5.97 Å². The molecule has 1 N–H and O–H groups in total. The second kappa shape index (κ2) is 5.58. The van der Waals surface area contributed by atoms with Gasteiger partial charge in [-0.05, 0) is 32.4 Å². The van der Waals surface area contributed by atoms with Gasteiger partial charge in [0.25, 0.3) is 0 Å². The Kier molecular flexibility index (Phi) is 3.81. The average Bonchev–Trinajstić information content (AvgIpc) is 2.80. The molecule has 0 saturated carbocycles. The van der Waals surface area contributed by atoms with E-state index in [1.807, 2.05) is 6.92 Å². The molecular weight excluding hydrogens is 256 g/mol. The number of piperidine rings is 1. The van der Waals surface area contributed by atoms with Gasteiger partial charge in [0.1, 0.15) is 5.76 Å². The number of furan rings is 1. The van der Waals surface area contributed by atoms with Crippen LogP contribution in [0.3, 0.4) is 0 Å². The number of aryl methyl sites for hydroxylation is 1. The topological polar surface area (TPSA) is 56.9 Å². The molecule has 2 aliphatic heterocycles. The largest absolute Gasteiger partial charge is 0.475 e. The standard InChI is InChI=1S/C15H22N2O3/c1-11-12(8-14(20-11)15(18)19)9-16-6-7-17-5-3-2-4-13(17)10-16/h8,13H,2-7,9-10H2,1H3,(H,18,19). The highest BCUT2D eigenvalue weighted by Gasteiger charge is 2.29. The van der Waals surface area contributed by atoms with Crippen LogP contribution in [0.25, 0.3) is 0 Å². The number of carbonyl (C=O) groups is 1. The first kappa shape index (κ1) is 13.6. The van der Waals surface area contributed by atoms with E-state index in [1.54, 1.807) is 6.07 Å². The molecule has 5 nitrogen and oxygen atoms in total. The Morgan fingerprint density at radius 1 is 1.40 bits per heavy atom. The summed E-state index contributed by atoms with van der Waals surface area (Å²) in [5.74, 6) is -0.210. The van der Waals surface area contributed by atoms with E-state index in [-0.39, 0.29) is 5.76 Å². The molecule has 110 valence electrons. The third kappa shape index (κ3) is 2.74. The summed E-state index contributed by atoms with van der Waals surface area (Å²) in [7, 11) is 0. The van der Waals surface area contributed by atoms with Crippen LogP contribution in [0.1, 0.15) is 41.1 Å². The second-order valence-electron chi connectivity index (χ2n) is 5.92. The van der Waals surface area contributed by atoms with Crippen LogP contribution in [-0.4, -0.2) is 53.1 Å². The Bertz CT molecular complexity index is 497. The van der Waals surface area contributed by atoms with Crippen LogP contribution in [-0.2, 0) is 6.54 Å². The van der Waals surface area contributed by atoms with E-state index in [2.05, 4.69) is 9.80 Å². The van der Waals surface area contributed by atoms with Gasteiger partial charge < -0.3 is 9.52 Å². The summed E-state index contributed by atoms with van der Waals surface area (Å²) in [6.07, 6.45) is 3.96. The molecule has 1 atom stereocenters. The Balaban J connectivity index is 1.64. The molecule has 0 spiro atoms. The molecule has 5 heteroatoms. The van der Waals surface area contributed by atoms with Crippen molar-refractivity contribution in [1.29, 1.82) is 0 Å². The number of nitrogens with zero attached hydrogens (tertiary/aromatic N) is 2. The molecule has 3 rings (SSSR count). The summed E-state index contributed by atoms with van der Waals surface area (Å²) < 4.78 is 5.29. The number of aromatic carboxylic acids is 1. The van der Waals surface area contributed by atoms with Gasteiger partial charge in [0.2, 0.25) is 5.76 Å². The number of fused-ring (bicyclic) bond motifs is 1. The van der Waals surface area contributed by atoms with Crippen molar-refractivity contribution in [2.24, 2.45) is 0 Å². The van der Waals surface area contributed by atoms with Gasteiger partial charge in [-0.15, -0.1) is 0 Å². The van der Waals surface area contributed by atoms with Gasteiger partial charge in [0, 0.05) is 37.8 Å². The fourth-order valence-corrected chi connectivity index (χ4v) is 3.39. The van der Waals surface area contributed by atoms with Crippen molar-refractivity contribution in [3.63, 3.8) is 0 Å². The Morgan fingerprint density at radius 2 is 2.25 bits per heavy atom. The maximum atomic E-state index is 10.9. The molecule has 0 bridgehead atoms. The van der Waals surface area contributed by atoms with Crippen molar-refractivity contribution in [3.8, 4) is 0 Å². The van der Waals surface area contributed by atoms with Crippen LogP contribution in [0.2, 0.25) is 0 Å². The van der Waals surface area contributed by atoms with Crippen molar-refractivity contribution in [1.82, 2.24) is 9.80 Å². The molecule has 2 saturated heterocycles. The van der Waals surface area contributed by atoms with Gasteiger partial charge >= 0.3 is 5.97 Å². The van der Waals surface area contributed by atoms with Crippen molar-refractivity contribution in [2.75, 3.05) is 26.2 Å². The van der Waals surface area contributed by atoms with E-state index in [4.69, 9.17) is 9.52 Å². The number of rotatable bonds is 3. The third-order valence-electron chi connectivity index (χ3n) is 4.55. The van der Waals surface area contributed by atoms with Crippen molar-refractivity contribution < 1.29 is 14.3 Å². The number of hydrogen-bond donors (Lipinski definition) is 1. The second-order valence-corrected chi connectivity index (χ2v) is 5.92. The molecule has 2 fully saturated rings. The molecule has 1 aromatic heterocycles. The lowest BCUT2D eigenvalue weighted by Crippen LogP contribution is -2.54. The number of hydrogen-bond acceptors (Lipinski definition) is 4. The monoisotopic (exact) mass is 278 g/mol. The lowest BCUT2D eigenvalue weighted by Gasteiger charge is -2.44. The summed E-state index contributed by atoms with van der Waals surface area (Å²) >= 11 is 0. The normalized spacial score (nSPS) is 24.6. The van der Waals surface area contributed by atoms with Crippen molar-refractivity contribution in [2.45, 2.75) is 38.8 Å². The fraction of sp³-hybridized carbons (Fsp3) is 0.667. The highest BCUT2D eigenvalue weighted by atomic mass is 16.4. The highest BCUT2D eigenvalue weighted by Crippen LogP contribution is 2.23. The molecule has 2 aliphatic rings.